The molecule has 11 heteroatoms. The van der Waals surface area contributed by atoms with E-state index in [0.29, 0.717) is 43.0 Å². The second kappa shape index (κ2) is 14.8. The minimum Gasteiger partial charge on any atom is -0.494 e. The first-order chi connectivity index (χ1) is 23.4. The molecule has 3 N–H and O–H groups in total. The van der Waals surface area contributed by atoms with E-state index in [1.165, 1.54) is 10.6 Å². The predicted octanol–water partition coefficient (Wildman–Crippen LogP) is 4.65. The van der Waals surface area contributed by atoms with Crippen molar-refractivity contribution < 1.29 is 19.1 Å². The Bertz CT molecular complexity index is 1830. The van der Waals surface area contributed by atoms with Crippen LogP contribution in [0.2, 0.25) is 0 Å². The fourth-order valence-electron chi connectivity index (χ4n) is 5.85. The summed E-state index contributed by atoms with van der Waals surface area (Å²) in [7, 11) is 1.70. The van der Waals surface area contributed by atoms with E-state index in [9.17, 15) is 14.4 Å². The van der Waals surface area contributed by atoms with Gasteiger partial charge in [-0.05, 0) is 66.8 Å². The molecule has 0 aromatic heterocycles. The van der Waals surface area contributed by atoms with Gasteiger partial charge in [-0.1, -0.05) is 60.7 Å². The number of rotatable bonds is 11. The summed E-state index contributed by atoms with van der Waals surface area (Å²) < 4.78 is 6.00. The lowest BCUT2D eigenvalue weighted by molar-refractivity contribution is -0.121. The van der Waals surface area contributed by atoms with Crippen LogP contribution in [0.1, 0.15) is 39.9 Å². The van der Waals surface area contributed by atoms with Crippen molar-refractivity contribution >= 4 is 40.7 Å². The van der Waals surface area contributed by atoms with Crippen molar-refractivity contribution in [3.05, 3.63) is 119 Å². The van der Waals surface area contributed by atoms with Crippen molar-refractivity contribution in [1.29, 1.82) is 0 Å². The number of anilines is 2. The predicted molar refractivity (Wildman–Crippen MR) is 186 cm³/mol. The van der Waals surface area contributed by atoms with Gasteiger partial charge in [-0.3, -0.25) is 30.1 Å². The van der Waals surface area contributed by atoms with Crippen molar-refractivity contribution in [3.8, 4) is 5.75 Å². The Morgan fingerprint density at radius 3 is 2.50 bits per heavy atom. The number of nitrogens with zero attached hydrogens (tertiary/aromatic N) is 4. The molecule has 6 rings (SSSR count). The summed E-state index contributed by atoms with van der Waals surface area (Å²) in [6, 6.07) is 30.2. The van der Waals surface area contributed by atoms with Gasteiger partial charge >= 0.3 is 0 Å². The second-order valence-corrected chi connectivity index (χ2v) is 11.7. The number of carbonyl (C=O) groups is 3. The number of carbonyl (C=O) groups excluding carboxylic acids is 3. The number of nitrogens with one attached hydrogen (secondary N) is 3. The monoisotopic (exact) mass is 645 g/mol. The average molecular weight is 646 g/mol. The number of guanidine groups is 1. The molecule has 48 heavy (non-hydrogen) atoms. The van der Waals surface area contributed by atoms with Crippen LogP contribution in [0, 0.1) is 6.92 Å². The molecule has 0 bridgehead atoms. The number of hydrogen-bond donors (Lipinski definition) is 3. The fraction of sp³-hybridized carbons (Fsp3) is 0.243. The van der Waals surface area contributed by atoms with E-state index in [0.717, 1.165) is 35.5 Å². The molecule has 246 valence electrons. The highest BCUT2D eigenvalue weighted by molar-refractivity contribution is 6.08. The van der Waals surface area contributed by atoms with Crippen LogP contribution in [0.25, 0.3) is 0 Å². The maximum absolute atomic E-state index is 13.6. The number of hydrazine groups is 2. The molecule has 0 aliphatic carbocycles. The molecule has 11 nitrogen and oxygen atoms in total. The molecule has 0 saturated heterocycles. The summed E-state index contributed by atoms with van der Waals surface area (Å²) >= 11 is 0. The molecular weight excluding hydrogens is 606 g/mol. The maximum atomic E-state index is 13.6. The summed E-state index contributed by atoms with van der Waals surface area (Å²) in [4.78, 5) is 46.0. The lowest BCUT2D eigenvalue weighted by atomic mass is 10.1. The van der Waals surface area contributed by atoms with E-state index in [-0.39, 0.29) is 30.2 Å². The molecule has 2 heterocycles. The Balaban J connectivity index is 1.11. The van der Waals surface area contributed by atoms with Gasteiger partial charge in [-0.15, -0.1) is 0 Å². The number of aliphatic imine (C=N–C) groups is 1. The Morgan fingerprint density at radius 1 is 0.917 bits per heavy atom. The molecule has 0 fully saturated rings. The third kappa shape index (κ3) is 7.48. The first kappa shape index (κ1) is 32.3. The number of ether oxygens (including phenoxy) is 1. The van der Waals surface area contributed by atoms with Gasteiger partial charge in [0.25, 0.3) is 11.8 Å². The first-order valence-corrected chi connectivity index (χ1v) is 16.1. The average Bonchev–Trinajstić information content (AvgIpc) is 3.51. The smallest absolute Gasteiger partial charge is 0.260 e. The standard InChI is InChI=1S/C37H39N7O4/c1-26-11-6-8-15-32(26)44(38-2)35(46)25-42-24-29-18-19-30(23-31(29)39-37(42)40-36(47)28-13-4-3-5-14-28)48-22-10-17-34(45)41-43-21-20-27-12-7-9-16-33(27)43/h3-9,11-16,18-19,23,38H,10,17,20-22,24-25H2,1-2H3,(H,41,45)(H,39,40,47). The molecule has 4 aromatic rings. The molecule has 2 aliphatic heterocycles. The van der Waals surface area contributed by atoms with E-state index < -0.39 is 0 Å². The van der Waals surface area contributed by atoms with Crippen molar-refractivity contribution in [2.45, 2.75) is 32.7 Å². The topological polar surface area (TPSA) is 119 Å². The second-order valence-electron chi connectivity index (χ2n) is 11.7. The third-order valence-corrected chi connectivity index (χ3v) is 8.32. The molecule has 0 radical (unpaired) electrons. The fourth-order valence-corrected chi connectivity index (χ4v) is 5.85. The molecule has 4 aromatic carbocycles. The van der Waals surface area contributed by atoms with Gasteiger partial charge in [0.2, 0.25) is 11.9 Å². The van der Waals surface area contributed by atoms with Crippen LogP contribution in [-0.4, -0.2) is 55.3 Å². The van der Waals surface area contributed by atoms with Crippen molar-refractivity contribution in [3.63, 3.8) is 0 Å². The van der Waals surface area contributed by atoms with E-state index in [1.807, 2.05) is 78.7 Å². The van der Waals surface area contributed by atoms with Crippen molar-refractivity contribution in [2.24, 2.45) is 4.99 Å². The Hall–Kier alpha value is -5.68. The Kier molecular flexibility index (Phi) is 9.96. The Morgan fingerprint density at radius 2 is 1.69 bits per heavy atom. The van der Waals surface area contributed by atoms with Crippen LogP contribution in [0.4, 0.5) is 17.1 Å². The third-order valence-electron chi connectivity index (χ3n) is 8.32. The molecule has 0 unspecified atom stereocenters. The van der Waals surface area contributed by atoms with Crippen LogP contribution >= 0.6 is 0 Å². The maximum Gasteiger partial charge on any atom is 0.260 e. The molecule has 0 saturated carbocycles. The molecule has 3 amide bonds. The quantitative estimate of drug-likeness (QED) is 0.161. The highest BCUT2D eigenvalue weighted by Crippen LogP contribution is 2.31. The van der Waals surface area contributed by atoms with Crippen LogP contribution in [0.3, 0.4) is 0 Å². The highest BCUT2D eigenvalue weighted by Gasteiger charge is 2.27. The van der Waals surface area contributed by atoms with E-state index >= 15 is 0 Å². The lowest BCUT2D eigenvalue weighted by Gasteiger charge is -2.32. The van der Waals surface area contributed by atoms with Gasteiger partial charge in [0.1, 0.15) is 12.3 Å². The SMILES string of the molecule is CNN(C(=O)CN1Cc2ccc(OCCCC(=O)NN3CCc4ccccc43)cc2N=C1NC(=O)c1ccccc1)c1ccccc1C. The largest absolute Gasteiger partial charge is 0.494 e. The lowest BCUT2D eigenvalue weighted by Crippen LogP contribution is -2.52. The number of amides is 3. The van der Waals surface area contributed by atoms with Crippen molar-refractivity contribution in [2.75, 3.05) is 36.8 Å². The number of benzene rings is 4. The van der Waals surface area contributed by atoms with Gasteiger partial charge in [-0.25, -0.2) is 15.4 Å². The van der Waals surface area contributed by atoms with Crippen LogP contribution in [0.15, 0.2) is 102 Å². The van der Waals surface area contributed by atoms with Gasteiger partial charge in [0, 0.05) is 38.2 Å². The van der Waals surface area contributed by atoms with E-state index in [4.69, 9.17) is 9.73 Å². The zero-order chi connectivity index (χ0) is 33.5. The van der Waals surface area contributed by atoms with Crippen LogP contribution in [0.5, 0.6) is 5.75 Å². The van der Waals surface area contributed by atoms with Crippen LogP contribution in [-0.2, 0) is 22.6 Å². The first-order valence-electron chi connectivity index (χ1n) is 16.1. The molecule has 0 atom stereocenters. The van der Waals surface area contributed by atoms with Gasteiger partial charge < -0.3 is 9.64 Å². The summed E-state index contributed by atoms with van der Waals surface area (Å²) in [5.41, 5.74) is 12.0. The molecule has 0 spiro atoms. The summed E-state index contributed by atoms with van der Waals surface area (Å²) in [5.74, 6) is 0.268. The summed E-state index contributed by atoms with van der Waals surface area (Å²) in [5, 5.41) is 6.33. The summed E-state index contributed by atoms with van der Waals surface area (Å²) in [6.45, 7) is 3.37. The normalized spacial score (nSPS) is 13.2. The number of fused-ring (bicyclic) bond motifs is 2. The van der Waals surface area contributed by atoms with Gasteiger partial charge in [0.15, 0.2) is 0 Å². The summed E-state index contributed by atoms with van der Waals surface area (Å²) in [6.07, 6.45) is 1.78. The zero-order valence-electron chi connectivity index (χ0n) is 27.1. The number of aryl methyl sites for hydroxylation is 1. The van der Waals surface area contributed by atoms with Gasteiger partial charge in [-0.2, -0.15) is 0 Å². The van der Waals surface area contributed by atoms with Crippen molar-refractivity contribution in [1.82, 2.24) is 21.1 Å². The highest BCUT2D eigenvalue weighted by atomic mass is 16.5. The zero-order valence-corrected chi connectivity index (χ0v) is 27.1. The molecular formula is C37H39N7O4. The van der Waals surface area contributed by atoms with E-state index in [2.05, 4.69) is 22.2 Å². The van der Waals surface area contributed by atoms with Gasteiger partial charge in [0.05, 0.1) is 23.7 Å². The minimum absolute atomic E-state index is 0.0359. The number of para-hydroxylation sites is 2. The van der Waals surface area contributed by atoms with E-state index in [1.54, 1.807) is 36.2 Å². The minimum atomic E-state index is -0.331. The number of hydrogen-bond acceptors (Lipinski definition) is 8. The molecule has 2 aliphatic rings. The Labute approximate surface area is 280 Å². The van der Waals surface area contributed by atoms with Crippen LogP contribution < -0.4 is 30.9 Å².